The minimum absolute atomic E-state index is 0.0965. The van der Waals surface area contributed by atoms with Crippen LogP contribution in [0.15, 0.2) is 35.1 Å². The first-order chi connectivity index (χ1) is 13.1. The van der Waals surface area contributed by atoms with Gasteiger partial charge in [-0.1, -0.05) is 0 Å². The maximum Gasteiger partial charge on any atom is 0.257 e. The second kappa shape index (κ2) is 6.86. The van der Waals surface area contributed by atoms with Gasteiger partial charge in [0.2, 0.25) is 0 Å². The highest BCUT2D eigenvalue weighted by Crippen LogP contribution is 2.31. The molecule has 1 amide bonds. The summed E-state index contributed by atoms with van der Waals surface area (Å²) in [6, 6.07) is 3.49. The SMILES string of the molecule is COc1c(F)cncc1N1CCN(C(=O)c2ccnc3cc(C)oc23)CC1. The Hall–Kier alpha value is -3.16. The molecule has 7 nitrogen and oxygen atoms in total. The quantitative estimate of drug-likeness (QED) is 0.706. The molecule has 27 heavy (non-hydrogen) atoms. The Morgan fingerprint density at radius 1 is 1.26 bits per heavy atom. The van der Waals surface area contributed by atoms with Gasteiger partial charge in [-0.3, -0.25) is 14.8 Å². The number of aryl methyl sites for hydroxylation is 1. The van der Waals surface area contributed by atoms with Crippen LogP contribution in [0.3, 0.4) is 0 Å². The standard InChI is InChI=1S/C19H19FN4O3/c1-12-9-15-17(27-12)13(3-4-22-15)19(25)24-7-5-23(6-8-24)16-11-21-10-14(20)18(16)26-2/h3-4,9-11H,5-8H2,1-2H3. The number of anilines is 1. The zero-order valence-corrected chi connectivity index (χ0v) is 15.1. The van der Waals surface area contributed by atoms with Gasteiger partial charge in [0.15, 0.2) is 17.1 Å². The zero-order valence-electron chi connectivity index (χ0n) is 15.1. The van der Waals surface area contributed by atoms with Crippen molar-refractivity contribution in [3.8, 4) is 5.75 Å². The molecule has 1 aliphatic heterocycles. The Bertz CT molecular complexity index is 996. The van der Waals surface area contributed by atoms with E-state index in [1.54, 1.807) is 23.4 Å². The van der Waals surface area contributed by atoms with Crippen LogP contribution in [0.25, 0.3) is 11.1 Å². The number of furan rings is 1. The first-order valence-corrected chi connectivity index (χ1v) is 8.65. The van der Waals surface area contributed by atoms with Crippen LogP contribution in [0, 0.1) is 12.7 Å². The van der Waals surface area contributed by atoms with Crippen molar-refractivity contribution in [1.82, 2.24) is 14.9 Å². The van der Waals surface area contributed by atoms with Crippen LogP contribution in [0.1, 0.15) is 16.1 Å². The van der Waals surface area contributed by atoms with Crippen LogP contribution in [-0.2, 0) is 0 Å². The molecule has 0 atom stereocenters. The highest BCUT2D eigenvalue weighted by molar-refractivity contribution is 6.04. The molecule has 3 aromatic rings. The van der Waals surface area contributed by atoms with Crippen LogP contribution in [0.4, 0.5) is 10.1 Å². The van der Waals surface area contributed by atoms with Crippen molar-refractivity contribution in [2.24, 2.45) is 0 Å². The highest BCUT2D eigenvalue weighted by Gasteiger charge is 2.26. The van der Waals surface area contributed by atoms with Crippen LogP contribution in [-0.4, -0.2) is 54.1 Å². The van der Waals surface area contributed by atoms with E-state index in [4.69, 9.17) is 9.15 Å². The van der Waals surface area contributed by atoms with Crippen molar-refractivity contribution < 1.29 is 18.3 Å². The highest BCUT2D eigenvalue weighted by atomic mass is 19.1. The summed E-state index contributed by atoms with van der Waals surface area (Å²) in [5, 5.41) is 0. The van der Waals surface area contributed by atoms with Crippen molar-refractivity contribution in [3.63, 3.8) is 0 Å². The number of carbonyl (C=O) groups excluding carboxylic acids is 1. The number of pyridine rings is 2. The number of aromatic nitrogens is 2. The second-order valence-electron chi connectivity index (χ2n) is 6.38. The molecule has 0 radical (unpaired) electrons. The normalized spacial score (nSPS) is 14.6. The Morgan fingerprint density at radius 3 is 2.78 bits per heavy atom. The van der Waals surface area contributed by atoms with Gasteiger partial charge in [-0.25, -0.2) is 4.39 Å². The van der Waals surface area contributed by atoms with Gasteiger partial charge in [0, 0.05) is 38.4 Å². The molecule has 0 bridgehead atoms. The molecule has 0 saturated carbocycles. The van der Waals surface area contributed by atoms with E-state index in [9.17, 15) is 9.18 Å². The summed E-state index contributed by atoms with van der Waals surface area (Å²) in [7, 11) is 1.43. The van der Waals surface area contributed by atoms with E-state index in [1.165, 1.54) is 7.11 Å². The Morgan fingerprint density at radius 2 is 2.04 bits per heavy atom. The molecule has 1 aliphatic rings. The van der Waals surface area contributed by atoms with E-state index in [0.29, 0.717) is 54.3 Å². The lowest BCUT2D eigenvalue weighted by Crippen LogP contribution is -2.49. The van der Waals surface area contributed by atoms with Crippen LogP contribution < -0.4 is 9.64 Å². The fourth-order valence-corrected chi connectivity index (χ4v) is 3.39. The van der Waals surface area contributed by atoms with E-state index in [2.05, 4.69) is 9.97 Å². The molecule has 0 unspecified atom stereocenters. The molecule has 0 aromatic carbocycles. The summed E-state index contributed by atoms with van der Waals surface area (Å²) in [5.41, 5.74) is 2.29. The number of ether oxygens (including phenoxy) is 1. The molecule has 8 heteroatoms. The molecule has 4 rings (SSSR count). The molecule has 1 fully saturated rings. The largest absolute Gasteiger partial charge is 0.491 e. The number of rotatable bonds is 3. The third kappa shape index (κ3) is 3.07. The lowest BCUT2D eigenvalue weighted by molar-refractivity contribution is 0.0747. The molecule has 0 spiro atoms. The zero-order chi connectivity index (χ0) is 19.0. The number of carbonyl (C=O) groups is 1. The van der Waals surface area contributed by atoms with E-state index >= 15 is 0 Å². The molecule has 1 saturated heterocycles. The molecule has 3 aromatic heterocycles. The Labute approximate surface area is 155 Å². The van der Waals surface area contributed by atoms with E-state index in [-0.39, 0.29) is 11.7 Å². The molecule has 0 N–H and O–H groups in total. The molecule has 0 aliphatic carbocycles. The number of halogens is 1. The Balaban J connectivity index is 1.52. The summed E-state index contributed by atoms with van der Waals surface area (Å²) < 4.78 is 24.7. The van der Waals surface area contributed by atoms with Gasteiger partial charge in [0.25, 0.3) is 5.91 Å². The number of hydrogen-bond donors (Lipinski definition) is 0. The van der Waals surface area contributed by atoms with Crippen LogP contribution >= 0.6 is 0 Å². The molecular weight excluding hydrogens is 351 g/mol. The predicted molar refractivity (Wildman–Crippen MR) is 97.6 cm³/mol. The second-order valence-corrected chi connectivity index (χ2v) is 6.38. The number of piperazine rings is 1. The summed E-state index contributed by atoms with van der Waals surface area (Å²) in [6.07, 6.45) is 4.32. The first-order valence-electron chi connectivity index (χ1n) is 8.65. The smallest absolute Gasteiger partial charge is 0.257 e. The van der Waals surface area contributed by atoms with E-state index in [1.807, 2.05) is 17.9 Å². The maximum atomic E-state index is 13.9. The fourth-order valence-electron chi connectivity index (χ4n) is 3.39. The Kier molecular flexibility index (Phi) is 4.39. The van der Waals surface area contributed by atoms with Gasteiger partial charge in [0.1, 0.15) is 17.0 Å². The molecule has 4 heterocycles. The number of hydrogen-bond acceptors (Lipinski definition) is 6. The van der Waals surface area contributed by atoms with Crippen molar-refractivity contribution in [1.29, 1.82) is 0 Å². The number of amides is 1. The third-order valence-electron chi connectivity index (χ3n) is 4.71. The first kappa shape index (κ1) is 17.3. The monoisotopic (exact) mass is 370 g/mol. The van der Waals surface area contributed by atoms with Crippen molar-refractivity contribution >= 4 is 22.7 Å². The molecular formula is C19H19FN4O3. The van der Waals surface area contributed by atoms with Gasteiger partial charge < -0.3 is 19.0 Å². The van der Waals surface area contributed by atoms with Gasteiger partial charge in [-0.05, 0) is 13.0 Å². The van der Waals surface area contributed by atoms with Crippen LogP contribution in [0.2, 0.25) is 0 Å². The van der Waals surface area contributed by atoms with Gasteiger partial charge in [-0.2, -0.15) is 0 Å². The maximum absolute atomic E-state index is 13.9. The minimum atomic E-state index is -0.499. The fraction of sp³-hybridized carbons (Fsp3) is 0.316. The van der Waals surface area contributed by atoms with Crippen molar-refractivity contribution in [2.45, 2.75) is 6.92 Å². The van der Waals surface area contributed by atoms with Crippen LogP contribution in [0.5, 0.6) is 5.75 Å². The van der Waals surface area contributed by atoms with Gasteiger partial charge in [-0.15, -0.1) is 0 Å². The summed E-state index contributed by atoms with van der Waals surface area (Å²) in [5.74, 6) is 0.293. The van der Waals surface area contributed by atoms with Gasteiger partial charge >= 0.3 is 0 Å². The van der Waals surface area contributed by atoms with Crippen molar-refractivity contribution in [3.05, 3.63) is 47.9 Å². The lowest BCUT2D eigenvalue weighted by atomic mass is 10.1. The minimum Gasteiger partial charge on any atom is -0.491 e. The molecule has 140 valence electrons. The van der Waals surface area contributed by atoms with Gasteiger partial charge in [0.05, 0.1) is 25.1 Å². The average molecular weight is 370 g/mol. The number of fused-ring (bicyclic) bond motifs is 1. The number of methoxy groups -OCH3 is 1. The van der Waals surface area contributed by atoms with E-state index in [0.717, 1.165) is 6.20 Å². The third-order valence-corrected chi connectivity index (χ3v) is 4.71. The summed E-state index contributed by atoms with van der Waals surface area (Å²) in [4.78, 5) is 24.9. The van der Waals surface area contributed by atoms with E-state index < -0.39 is 5.82 Å². The number of nitrogens with zero attached hydrogens (tertiary/aromatic N) is 4. The lowest BCUT2D eigenvalue weighted by Gasteiger charge is -2.36. The summed E-state index contributed by atoms with van der Waals surface area (Å²) >= 11 is 0. The van der Waals surface area contributed by atoms with Crippen molar-refractivity contribution in [2.75, 3.05) is 38.2 Å². The topological polar surface area (TPSA) is 71.7 Å². The predicted octanol–water partition coefficient (Wildman–Crippen LogP) is 2.64. The summed E-state index contributed by atoms with van der Waals surface area (Å²) in [6.45, 7) is 3.94. The average Bonchev–Trinajstić information content (AvgIpc) is 3.07.